The van der Waals surface area contributed by atoms with Gasteiger partial charge in [-0.1, -0.05) is 47.5 Å². The van der Waals surface area contributed by atoms with Gasteiger partial charge in [0.15, 0.2) is 0 Å². The van der Waals surface area contributed by atoms with Gasteiger partial charge < -0.3 is 5.32 Å². The van der Waals surface area contributed by atoms with Crippen LogP contribution in [0.25, 0.3) is 10.8 Å². The van der Waals surface area contributed by atoms with Crippen molar-refractivity contribution in [3.8, 4) is 0 Å². The Kier molecular flexibility index (Phi) is 3.51. The number of amides is 1. The molecule has 1 amide bonds. The Morgan fingerprint density at radius 2 is 1.61 bits per heavy atom. The smallest absolute Gasteiger partial charge is 0.255 e. The Hall–Kier alpha value is -2.03. The maximum absolute atomic E-state index is 12.5. The number of hydrogen-bond donors (Lipinski definition) is 1. The van der Waals surface area contributed by atoms with Gasteiger partial charge in [0.2, 0.25) is 0 Å². The molecule has 0 heterocycles. The minimum atomic E-state index is -0.215. The van der Waals surface area contributed by atoms with E-state index in [1.165, 1.54) is 16.5 Å². The Morgan fingerprint density at radius 1 is 0.913 bits per heavy atom. The van der Waals surface area contributed by atoms with E-state index in [4.69, 9.17) is 23.2 Å². The van der Waals surface area contributed by atoms with Crippen molar-refractivity contribution in [1.82, 2.24) is 0 Å². The predicted molar refractivity (Wildman–Crippen MR) is 95.8 cm³/mol. The van der Waals surface area contributed by atoms with Crippen LogP contribution in [0.3, 0.4) is 0 Å². The molecule has 0 spiro atoms. The summed E-state index contributed by atoms with van der Waals surface area (Å²) in [5.41, 5.74) is 3.96. The first-order chi connectivity index (χ1) is 11.1. The van der Waals surface area contributed by atoms with Crippen LogP contribution in [0.4, 0.5) is 5.69 Å². The van der Waals surface area contributed by atoms with Crippen molar-refractivity contribution in [1.29, 1.82) is 0 Å². The number of anilines is 1. The number of carbonyl (C=O) groups is 1. The molecule has 3 aromatic carbocycles. The summed E-state index contributed by atoms with van der Waals surface area (Å²) in [6.07, 6.45) is 2.13. The summed E-state index contributed by atoms with van der Waals surface area (Å²) in [5.74, 6) is -0.215. The third-order valence-corrected chi connectivity index (χ3v) is 4.69. The molecule has 0 fully saturated rings. The maximum atomic E-state index is 12.5. The van der Waals surface area contributed by atoms with Crippen LogP contribution in [0.15, 0.2) is 48.5 Å². The minimum Gasteiger partial charge on any atom is -0.321 e. The lowest BCUT2D eigenvalue weighted by atomic mass is 10.0. The second-order valence-electron chi connectivity index (χ2n) is 5.72. The molecule has 1 aliphatic carbocycles. The van der Waals surface area contributed by atoms with Crippen molar-refractivity contribution in [3.63, 3.8) is 0 Å². The van der Waals surface area contributed by atoms with Crippen LogP contribution in [-0.2, 0) is 12.8 Å². The van der Waals surface area contributed by atoms with E-state index in [-0.39, 0.29) is 5.91 Å². The molecule has 0 saturated carbocycles. The molecule has 0 saturated heterocycles. The van der Waals surface area contributed by atoms with E-state index in [0.29, 0.717) is 15.6 Å². The molecular weight excluding hydrogens is 329 g/mol. The van der Waals surface area contributed by atoms with Gasteiger partial charge in [-0.3, -0.25) is 4.79 Å². The second-order valence-corrected chi connectivity index (χ2v) is 6.60. The van der Waals surface area contributed by atoms with E-state index in [1.54, 1.807) is 18.2 Å². The number of hydrogen-bond acceptors (Lipinski definition) is 1. The molecule has 0 bridgehead atoms. The highest BCUT2D eigenvalue weighted by molar-refractivity contribution is 6.35. The van der Waals surface area contributed by atoms with Gasteiger partial charge in [0.1, 0.15) is 0 Å². The first-order valence-electron chi connectivity index (χ1n) is 7.43. The summed E-state index contributed by atoms with van der Waals surface area (Å²) < 4.78 is 0. The zero-order chi connectivity index (χ0) is 16.0. The van der Waals surface area contributed by atoms with Gasteiger partial charge in [0.05, 0.1) is 0 Å². The molecule has 1 N–H and O–H groups in total. The lowest BCUT2D eigenvalue weighted by Crippen LogP contribution is -2.12. The number of rotatable bonds is 2. The Labute approximate surface area is 144 Å². The van der Waals surface area contributed by atoms with Crippen LogP contribution < -0.4 is 5.32 Å². The van der Waals surface area contributed by atoms with E-state index < -0.39 is 0 Å². The van der Waals surface area contributed by atoms with Crippen molar-refractivity contribution < 1.29 is 4.79 Å². The van der Waals surface area contributed by atoms with Crippen LogP contribution >= 0.6 is 23.2 Å². The first kappa shape index (κ1) is 14.6. The fraction of sp³-hybridized carbons (Fsp3) is 0.105. The fourth-order valence-electron chi connectivity index (χ4n) is 3.24. The molecule has 0 unspecified atom stereocenters. The highest BCUT2D eigenvalue weighted by Gasteiger charge is 2.17. The Morgan fingerprint density at radius 3 is 2.35 bits per heavy atom. The zero-order valence-electron chi connectivity index (χ0n) is 12.2. The third-order valence-electron chi connectivity index (χ3n) is 4.25. The molecule has 1 aliphatic rings. The van der Waals surface area contributed by atoms with Gasteiger partial charge in [-0.25, -0.2) is 0 Å². The van der Waals surface area contributed by atoms with Gasteiger partial charge in [-0.05, 0) is 53.6 Å². The first-order valence-corrected chi connectivity index (χ1v) is 8.18. The van der Waals surface area contributed by atoms with E-state index in [9.17, 15) is 4.79 Å². The van der Waals surface area contributed by atoms with E-state index >= 15 is 0 Å². The van der Waals surface area contributed by atoms with E-state index in [1.807, 2.05) is 18.2 Å². The highest BCUT2D eigenvalue weighted by atomic mass is 35.5. The number of halogens is 2. The molecule has 4 rings (SSSR count). The number of benzene rings is 3. The number of nitrogens with one attached hydrogen (secondary N) is 1. The van der Waals surface area contributed by atoms with Crippen LogP contribution in [0, 0.1) is 0 Å². The van der Waals surface area contributed by atoms with Gasteiger partial charge in [0, 0.05) is 26.7 Å². The lowest BCUT2D eigenvalue weighted by molar-refractivity contribution is 0.102. The van der Waals surface area contributed by atoms with Gasteiger partial charge in [-0.2, -0.15) is 0 Å². The second kappa shape index (κ2) is 5.55. The average Bonchev–Trinajstić information content (AvgIpc) is 2.94. The minimum absolute atomic E-state index is 0.215. The fourth-order valence-corrected chi connectivity index (χ4v) is 3.76. The van der Waals surface area contributed by atoms with E-state index in [2.05, 4.69) is 17.4 Å². The molecular formula is C19H13Cl2NO. The number of carbonyl (C=O) groups excluding carboxylic acids is 1. The summed E-state index contributed by atoms with van der Waals surface area (Å²) in [4.78, 5) is 12.5. The molecule has 4 heteroatoms. The monoisotopic (exact) mass is 341 g/mol. The summed E-state index contributed by atoms with van der Waals surface area (Å²) in [7, 11) is 0. The maximum Gasteiger partial charge on any atom is 0.255 e. The topological polar surface area (TPSA) is 29.1 Å². The molecule has 2 nitrogen and oxygen atoms in total. The van der Waals surface area contributed by atoms with Crippen molar-refractivity contribution in [2.75, 3.05) is 5.32 Å². The molecule has 3 aromatic rings. The molecule has 0 aromatic heterocycles. The molecule has 0 atom stereocenters. The summed E-state index contributed by atoms with van der Waals surface area (Å²) in [6.45, 7) is 0. The van der Waals surface area contributed by atoms with Gasteiger partial charge in [-0.15, -0.1) is 0 Å². The van der Waals surface area contributed by atoms with Crippen molar-refractivity contribution >= 4 is 45.6 Å². The summed E-state index contributed by atoms with van der Waals surface area (Å²) in [5, 5.41) is 6.23. The SMILES string of the molecule is O=C(Nc1ccc2c3c(cccc13)CC2)c1cc(Cl)cc(Cl)c1. The van der Waals surface area contributed by atoms with Crippen molar-refractivity contribution in [2.24, 2.45) is 0 Å². The molecule has 0 radical (unpaired) electrons. The lowest BCUT2D eigenvalue weighted by Gasteiger charge is -2.11. The summed E-state index contributed by atoms with van der Waals surface area (Å²) in [6, 6.07) is 15.1. The third kappa shape index (κ3) is 2.58. The Bertz CT molecular complexity index is 919. The highest BCUT2D eigenvalue weighted by Crippen LogP contribution is 2.35. The molecule has 114 valence electrons. The predicted octanol–water partition coefficient (Wildman–Crippen LogP) is 5.50. The quantitative estimate of drug-likeness (QED) is 0.655. The average molecular weight is 342 g/mol. The van der Waals surface area contributed by atoms with E-state index in [0.717, 1.165) is 23.9 Å². The molecule has 23 heavy (non-hydrogen) atoms. The van der Waals surface area contributed by atoms with Crippen LogP contribution in [0.2, 0.25) is 10.0 Å². The van der Waals surface area contributed by atoms with Crippen LogP contribution in [-0.4, -0.2) is 5.91 Å². The van der Waals surface area contributed by atoms with Gasteiger partial charge >= 0.3 is 0 Å². The zero-order valence-corrected chi connectivity index (χ0v) is 13.7. The normalized spacial score (nSPS) is 12.6. The van der Waals surface area contributed by atoms with Crippen LogP contribution in [0.1, 0.15) is 21.5 Å². The van der Waals surface area contributed by atoms with Crippen molar-refractivity contribution in [2.45, 2.75) is 12.8 Å². The summed E-state index contributed by atoms with van der Waals surface area (Å²) >= 11 is 12.0. The molecule has 0 aliphatic heterocycles. The number of aryl methyl sites for hydroxylation is 2. The Balaban J connectivity index is 1.75. The van der Waals surface area contributed by atoms with Gasteiger partial charge in [0.25, 0.3) is 5.91 Å². The van der Waals surface area contributed by atoms with Crippen LogP contribution in [0.5, 0.6) is 0 Å². The standard InChI is InChI=1S/C19H13Cl2NO/c20-14-8-13(9-15(21)10-14)19(23)22-17-7-6-12-5-4-11-2-1-3-16(17)18(11)12/h1-3,6-10H,4-5H2,(H,22,23). The van der Waals surface area contributed by atoms with Crippen molar-refractivity contribution in [3.05, 3.63) is 75.3 Å². The largest absolute Gasteiger partial charge is 0.321 e.